The molecule has 1 N–H and O–H groups in total. The van der Waals surface area contributed by atoms with Crippen molar-refractivity contribution >= 4 is 23.2 Å². The number of amides is 2. The van der Waals surface area contributed by atoms with Crippen molar-refractivity contribution in [2.45, 2.75) is 32.4 Å². The van der Waals surface area contributed by atoms with Crippen LogP contribution in [-0.2, 0) is 11.3 Å². The minimum atomic E-state index is 0.0233. The third-order valence-electron chi connectivity index (χ3n) is 6.54. The van der Waals surface area contributed by atoms with E-state index in [-0.39, 0.29) is 17.9 Å². The number of thiophene rings is 1. The fourth-order valence-electron chi connectivity index (χ4n) is 4.48. The predicted octanol–water partition coefficient (Wildman–Crippen LogP) is 2.60. The van der Waals surface area contributed by atoms with E-state index in [1.807, 2.05) is 36.1 Å². The number of likely N-dealkylation sites (tertiary alicyclic amines) is 1. The number of nitrogens with zero attached hydrogens (tertiary/aromatic N) is 3. The zero-order valence-electron chi connectivity index (χ0n) is 19.6. The van der Waals surface area contributed by atoms with Crippen LogP contribution in [-0.4, -0.2) is 85.5 Å². The van der Waals surface area contributed by atoms with E-state index in [1.54, 1.807) is 7.11 Å². The van der Waals surface area contributed by atoms with Gasteiger partial charge in [0, 0.05) is 56.7 Å². The Bertz CT molecular complexity index is 929. The van der Waals surface area contributed by atoms with Gasteiger partial charge in [0.1, 0.15) is 5.75 Å². The van der Waals surface area contributed by atoms with E-state index < -0.39 is 0 Å². The third-order valence-corrected chi connectivity index (χ3v) is 7.54. The maximum Gasteiger partial charge on any atom is 0.261 e. The van der Waals surface area contributed by atoms with E-state index in [1.165, 1.54) is 16.9 Å². The maximum atomic E-state index is 12.8. The molecule has 2 fully saturated rings. The fourth-order valence-corrected chi connectivity index (χ4v) is 5.25. The van der Waals surface area contributed by atoms with Gasteiger partial charge in [0.2, 0.25) is 5.91 Å². The number of benzene rings is 1. The van der Waals surface area contributed by atoms with E-state index >= 15 is 0 Å². The lowest BCUT2D eigenvalue weighted by atomic mass is 10.0. The summed E-state index contributed by atoms with van der Waals surface area (Å²) in [6, 6.07) is 12.2. The Kier molecular flexibility index (Phi) is 8.01. The second-order valence-corrected chi connectivity index (χ2v) is 10.2. The van der Waals surface area contributed by atoms with Crippen LogP contribution in [0.2, 0.25) is 0 Å². The molecule has 8 heteroatoms. The van der Waals surface area contributed by atoms with Gasteiger partial charge in [-0.1, -0.05) is 12.1 Å². The molecule has 2 aromatic rings. The summed E-state index contributed by atoms with van der Waals surface area (Å²) in [5, 5.41) is 3.15. The highest BCUT2D eigenvalue weighted by Crippen LogP contribution is 2.18. The van der Waals surface area contributed by atoms with E-state index in [0.717, 1.165) is 74.2 Å². The lowest BCUT2D eigenvalue weighted by molar-refractivity contribution is -0.134. The Labute approximate surface area is 200 Å². The van der Waals surface area contributed by atoms with Gasteiger partial charge >= 0.3 is 0 Å². The van der Waals surface area contributed by atoms with Crippen LogP contribution in [0, 0.1) is 6.92 Å². The highest BCUT2D eigenvalue weighted by molar-refractivity contribution is 7.13. The Balaban J connectivity index is 1.15. The van der Waals surface area contributed by atoms with Gasteiger partial charge in [0.15, 0.2) is 0 Å². The molecule has 2 saturated heterocycles. The number of ether oxygens (including phenoxy) is 1. The van der Waals surface area contributed by atoms with Crippen molar-refractivity contribution in [2.75, 3.05) is 52.9 Å². The quantitative estimate of drug-likeness (QED) is 0.674. The summed E-state index contributed by atoms with van der Waals surface area (Å²) < 4.78 is 5.22. The summed E-state index contributed by atoms with van der Waals surface area (Å²) in [6.07, 6.45) is 1.78. The average Bonchev–Trinajstić information content (AvgIpc) is 3.28. The van der Waals surface area contributed by atoms with E-state index in [2.05, 4.69) is 27.2 Å². The SMILES string of the molecule is COc1ccc(CN2CCN(C(=O)CN3CCC(NC(=O)c4ccc(C)s4)CC3)CC2)cc1. The molecular weight excluding hydrogens is 436 g/mol. The van der Waals surface area contributed by atoms with Crippen molar-refractivity contribution in [3.63, 3.8) is 0 Å². The molecular formula is C25H34N4O3S. The van der Waals surface area contributed by atoms with Crippen molar-refractivity contribution < 1.29 is 14.3 Å². The van der Waals surface area contributed by atoms with Gasteiger partial charge in [-0.05, 0) is 49.6 Å². The molecule has 0 saturated carbocycles. The highest BCUT2D eigenvalue weighted by Gasteiger charge is 2.26. The molecule has 0 radical (unpaired) electrons. The van der Waals surface area contributed by atoms with Crippen molar-refractivity contribution in [1.82, 2.24) is 20.0 Å². The number of aryl methyl sites for hydroxylation is 1. The zero-order chi connectivity index (χ0) is 23.2. The number of methoxy groups -OCH3 is 1. The summed E-state index contributed by atoms with van der Waals surface area (Å²) in [4.78, 5) is 33.8. The van der Waals surface area contributed by atoms with Gasteiger partial charge in [-0.25, -0.2) is 0 Å². The Hall–Kier alpha value is -2.42. The molecule has 7 nitrogen and oxygen atoms in total. The number of carbonyl (C=O) groups excluding carboxylic acids is 2. The molecule has 3 heterocycles. The van der Waals surface area contributed by atoms with Crippen molar-refractivity contribution in [3.05, 3.63) is 51.7 Å². The Morgan fingerprint density at radius 1 is 0.970 bits per heavy atom. The van der Waals surface area contributed by atoms with E-state index in [4.69, 9.17) is 4.74 Å². The van der Waals surface area contributed by atoms with Crippen LogP contribution in [0.4, 0.5) is 0 Å². The first-order valence-corrected chi connectivity index (χ1v) is 12.5. The summed E-state index contributed by atoms with van der Waals surface area (Å²) in [5.41, 5.74) is 1.26. The van der Waals surface area contributed by atoms with Crippen molar-refractivity contribution in [2.24, 2.45) is 0 Å². The van der Waals surface area contributed by atoms with E-state index in [0.29, 0.717) is 6.54 Å². The Morgan fingerprint density at radius 3 is 2.27 bits per heavy atom. The molecule has 1 aromatic heterocycles. The first kappa shape index (κ1) is 23.7. The fraction of sp³-hybridized carbons (Fsp3) is 0.520. The molecule has 2 amide bonds. The standard InChI is InChI=1S/C25H34N4O3S/c1-19-3-8-23(33-19)25(31)26-21-9-11-27(12-10-21)18-24(30)29-15-13-28(14-16-29)17-20-4-6-22(32-2)7-5-20/h3-8,21H,9-18H2,1-2H3,(H,26,31). The van der Waals surface area contributed by atoms with E-state index in [9.17, 15) is 9.59 Å². The normalized spacial score (nSPS) is 18.3. The first-order chi connectivity index (χ1) is 16.0. The van der Waals surface area contributed by atoms with Gasteiger partial charge < -0.3 is 15.0 Å². The maximum absolute atomic E-state index is 12.8. The van der Waals surface area contributed by atoms with Crippen LogP contribution >= 0.6 is 11.3 Å². The summed E-state index contributed by atoms with van der Waals surface area (Å²) in [7, 11) is 1.68. The van der Waals surface area contributed by atoms with Gasteiger partial charge in [-0.3, -0.25) is 19.4 Å². The van der Waals surface area contributed by atoms with Crippen LogP contribution in [0.3, 0.4) is 0 Å². The molecule has 0 bridgehead atoms. The second-order valence-electron chi connectivity index (χ2n) is 8.94. The lowest BCUT2D eigenvalue weighted by Crippen LogP contribution is -2.52. The molecule has 2 aliphatic rings. The number of piperidine rings is 1. The second kappa shape index (κ2) is 11.1. The van der Waals surface area contributed by atoms with Crippen molar-refractivity contribution in [1.29, 1.82) is 0 Å². The van der Waals surface area contributed by atoms with Crippen LogP contribution in [0.15, 0.2) is 36.4 Å². The topological polar surface area (TPSA) is 65.1 Å². The number of carbonyl (C=O) groups is 2. The van der Waals surface area contributed by atoms with Crippen molar-refractivity contribution in [3.8, 4) is 5.75 Å². The molecule has 0 spiro atoms. The Morgan fingerprint density at radius 2 is 1.67 bits per heavy atom. The number of piperazine rings is 1. The molecule has 178 valence electrons. The summed E-state index contributed by atoms with van der Waals surface area (Å²) >= 11 is 1.53. The largest absolute Gasteiger partial charge is 0.497 e. The minimum Gasteiger partial charge on any atom is -0.497 e. The molecule has 33 heavy (non-hydrogen) atoms. The highest BCUT2D eigenvalue weighted by atomic mass is 32.1. The molecule has 4 rings (SSSR count). The van der Waals surface area contributed by atoms with Gasteiger partial charge in [0.25, 0.3) is 5.91 Å². The van der Waals surface area contributed by atoms with Gasteiger partial charge in [-0.2, -0.15) is 0 Å². The smallest absolute Gasteiger partial charge is 0.261 e. The molecule has 1 aromatic carbocycles. The van der Waals surface area contributed by atoms with Crippen LogP contribution < -0.4 is 10.1 Å². The first-order valence-electron chi connectivity index (χ1n) is 11.7. The van der Waals surface area contributed by atoms with Gasteiger partial charge in [0.05, 0.1) is 18.5 Å². The minimum absolute atomic E-state index is 0.0233. The van der Waals surface area contributed by atoms with Crippen LogP contribution in [0.5, 0.6) is 5.75 Å². The molecule has 0 atom stereocenters. The monoisotopic (exact) mass is 470 g/mol. The zero-order valence-corrected chi connectivity index (χ0v) is 20.4. The van der Waals surface area contributed by atoms with Crippen LogP contribution in [0.25, 0.3) is 0 Å². The molecule has 2 aliphatic heterocycles. The average molecular weight is 471 g/mol. The summed E-state index contributed by atoms with van der Waals surface area (Å²) in [6.45, 7) is 8.43. The number of hydrogen-bond donors (Lipinski definition) is 1. The van der Waals surface area contributed by atoms with Gasteiger partial charge in [-0.15, -0.1) is 11.3 Å². The number of rotatable bonds is 7. The van der Waals surface area contributed by atoms with Crippen LogP contribution in [0.1, 0.15) is 33.0 Å². The third kappa shape index (κ3) is 6.56. The lowest BCUT2D eigenvalue weighted by Gasteiger charge is -2.37. The number of hydrogen-bond acceptors (Lipinski definition) is 6. The predicted molar refractivity (Wildman–Crippen MR) is 131 cm³/mol. The molecule has 0 aliphatic carbocycles. The number of nitrogens with one attached hydrogen (secondary N) is 1. The molecule has 0 unspecified atom stereocenters. The summed E-state index contributed by atoms with van der Waals surface area (Å²) in [5.74, 6) is 1.11.